The number of piperazine rings is 1. The number of hydrogen-bond acceptors (Lipinski definition) is 9. The number of piperidine rings is 1. The molecule has 0 atom stereocenters. The van der Waals surface area contributed by atoms with Crippen LogP contribution in [-0.4, -0.2) is 92.4 Å². The number of nitrogens with zero attached hydrogens (tertiary/aromatic N) is 7. The number of anilines is 1. The minimum Gasteiger partial charge on any atom is -0.367 e. The second-order valence-corrected chi connectivity index (χ2v) is 14.4. The molecule has 5 heterocycles. The Labute approximate surface area is 278 Å². The predicted octanol–water partition coefficient (Wildman–Crippen LogP) is 6.89. The molecule has 1 N–H and O–H groups in total. The van der Waals surface area contributed by atoms with Crippen LogP contribution in [0.5, 0.6) is 0 Å². The van der Waals surface area contributed by atoms with Gasteiger partial charge >= 0.3 is 6.18 Å². The molecule has 0 aliphatic carbocycles. The highest BCUT2D eigenvalue weighted by atomic mass is 32.2. The molecule has 0 amide bonds. The number of rotatable bonds is 11. The van der Waals surface area contributed by atoms with Crippen LogP contribution < -0.4 is 5.32 Å². The minimum atomic E-state index is -4.19. The fourth-order valence-corrected chi connectivity index (χ4v) is 8.11. The van der Waals surface area contributed by atoms with Crippen LogP contribution >= 0.6 is 23.3 Å². The van der Waals surface area contributed by atoms with Gasteiger partial charge in [-0.15, -0.1) is 11.3 Å². The van der Waals surface area contributed by atoms with E-state index in [4.69, 9.17) is 0 Å². The lowest BCUT2D eigenvalue weighted by Crippen LogP contribution is -2.44. The molecule has 0 radical (unpaired) electrons. The number of nitriles is 1. The number of thiophene rings is 1. The Hall–Kier alpha value is -3.03. The highest BCUT2D eigenvalue weighted by Crippen LogP contribution is 2.33. The lowest BCUT2D eigenvalue weighted by atomic mass is 10.0. The Morgan fingerprint density at radius 3 is 2.49 bits per heavy atom. The van der Waals surface area contributed by atoms with Crippen LogP contribution in [0.1, 0.15) is 41.0 Å². The average molecular weight is 693 g/mol. The van der Waals surface area contributed by atoms with Gasteiger partial charge in [0.05, 0.1) is 5.39 Å². The first kappa shape index (κ1) is 33.9. The van der Waals surface area contributed by atoms with Crippen molar-refractivity contribution in [3.05, 3.63) is 52.3 Å². The molecule has 0 spiro atoms. The van der Waals surface area contributed by atoms with Gasteiger partial charge in [0.25, 0.3) is 5.76 Å². The predicted molar refractivity (Wildman–Crippen MR) is 177 cm³/mol. The molecule has 0 saturated carbocycles. The molecule has 0 unspecified atom stereocenters. The number of likely N-dealkylation sites (tertiary alicyclic amines) is 1. The van der Waals surface area contributed by atoms with Gasteiger partial charge < -0.3 is 9.88 Å². The fourth-order valence-electron chi connectivity index (χ4n) is 6.52. The van der Waals surface area contributed by atoms with Gasteiger partial charge in [0.1, 0.15) is 28.7 Å². The van der Waals surface area contributed by atoms with E-state index in [1.165, 1.54) is 23.2 Å². The quantitative estimate of drug-likeness (QED) is 0.135. The van der Waals surface area contributed by atoms with Crippen LogP contribution in [0.3, 0.4) is 0 Å². The summed E-state index contributed by atoms with van der Waals surface area (Å²) in [7, 11) is 0. The zero-order chi connectivity index (χ0) is 33.1. The molecule has 8 nitrogen and oxygen atoms in total. The number of fused-ring (bicyclic) bond motifs is 2. The van der Waals surface area contributed by atoms with E-state index in [1.54, 1.807) is 10.4 Å². The highest BCUT2D eigenvalue weighted by Gasteiger charge is 2.28. The van der Waals surface area contributed by atoms with Crippen molar-refractivity contribution in [1.82, 2.24) is 28.6 Å². The topological polar surface area (TPSA) is 76.2 Å². The van der Waals surface area contributed by atoms with E-state index in [9.17, 15) is 27.2 Å². The van der Waals surface area contributed by atoms with Crippen molar-refractivity contribution >= 4 is 50.2 Å². The Balaban J connectivity index is 1.04. The van der Waals surface area contributed by atoms with Gasteiger partial charge in [0, 0.05) is 87.1 Å². The molecular weight excluding hydrogens is 656 g/mol. The SMILES string of the molecule is Cc1c(CN2CCC(Nc3ncnc4sc(CCC(F)(F)F)cc34)CC2)ccc2c1cc(C#N)n2CCN1CCN(SC(F)F)CC1. The third-order valence-electron chi connectivity index (χ3n) is 9.14. The van der Waals surface area contributed by atoms with Crippen LogP contribution in [0.25, 0.3) is 21.1 Å². The summed E-state index contributed by atoms with van der Waals surface area (Å²) < 4.78 is 67.4. The van der Waals surface area contributed by atoms with Gasteiger partial charge in [0.15, 0.2) is 0 Å². The zero-order valence-corrected chi connectivity index (χ0v) is 27.7. The largest absolute Gasteiger partial charge is 0.389 e. The molecule has 47 heavy (non-hydrogen) atoms. The number of hydrogen-bond donors (Lipinski definition) is 1. The van der Waals surface area contributed by atoms with E-state index >= 15 is 0 Å². The first-order valence-electron chi connectivity index (χ1n) is 15.8. The summed E-state index contributed by atoms with van der Waals surface area (Å²) in [5.74, 6) is -1.72. The van der Waals surface area contributed by atoms with Crippen molar-refractivity contribution in [3.8, 4) is 6.07 Å². The van der Waals surface area contributed by atoms with Crippen molar-refractivity contribution < 1.29 is 22.0 Å². The molecule has 2 aliphatic rings. The Bertz CT molecular complexity index is 1720. The molecule has 15 heteroatoms. The van der Waals surface area contributed by atoms with E-state index in [2.05, 4.69) is 54.8 Å². The Kier molecular flexibility index (Phi) is 10.5. The van der Waals surface area contributed by atoms with Crippen LogP contribution in [0, 0.1) is 18.3 Å². The van der Waals surface area contributed by atoms with Crippen LogP contribution in [-0.2, 0) is 19.5 Å². The molecule has 6 rings (SSSR count). The van der Waals surface area contributed by atoms with Gasteiger partial charge in [-0.3, -0.25) is 9.80 Å². The molecule has 3 aromatic heterocycles. The van der Waals surface area contributed by atoms with Crippen LogP contribution in [0.4, 0.5) is 27.8 Å². The third-order valence-corrected chi connectivity index (χ3v) is 11.1. The lowest BCUT2D eigenvalue weighted by molar-refractivity contribution is -0.133. The normalized spacial score (nSPS) is 17.7. The van der Waals surface area contributed by atoms with Crippen molar-refractivity contribution in [2.24, 2.45) is 0 Å². The summed E-state index contributed by atoms with van der Waals surface area (Å²) in [6.45, 7) is 8.73. The number of aromatic nitrogens is 3. The smallest absolute Gasteiger partial charge is 0.367 e. The maximum atomic E-state index is 12.7. The molecule has 2 aliphatic heterocycles. The van der Waals surface area contributed by atoms with E-state index in [0.29, 0.717) is 52.8 Å². The molecule has 4 aromatic rings. The van der Waals surface area contributed by atoms with E-state index in [0.717, 1.165) is 74.0 Å². The average Bonchev–Trinajstić information content (AvgIpc) is 3.63. The number of nitrogens with one attached hydrogen (secondary N) is 1. The molecular formula is C32H37F5N8S2. The summed E-state index contributed by atoms with van der Waals surface area (Å²) in [5, 5.41) is 15.3. The fraction of sp³-hybridized carbons (Fsp3) is 0.531. The zero-order valence-electron chi connectivity index (χ0n) is 26.1. The lowest BCUT2D eigenvalue weighted by Gasteiger charge is -2.33. The summed E-state index contributed by atoms with van der Waals surface area (Å²) in [6, 6.07) is 10.6. The van der Waals surface area contributed by atoms with E-state index in [-0.39, 0.29) is 12.5 Å². The number of halogens is 5. The van der Waals surface area contributed by atoms with Crippen LogP contribution in [0.2, 0.25) is 0 Å². The van der Waals surface area contributed by atoms with Gasteiger partial charge in [-0.25, -0.2) is 14.3 Å². The van der Waals surface area contributed by atoms with Gasteiger partial charge in [0.2, 0.25) is 0 Å². The maximum Gasteiger partial charge on any atom is 0.389 e. The van der Waals surface area contributed by atoms with E-state index in [1.807, 2.05) is 6.07 Å². The maximum absolute atomic E-state index is 12.7. The van der Waals surface area contributed by atoms with Crippen molar-refractivity contribution in [1.29, 1.82) is 5.26 Å². The standard InChI is InChI=1S/C32H37F5N8S2/c1-21-22(2-3-28-26(21)16-24(18-38)45(28)15-12-42-10-13-44(14-11-42)47-31(33)34)19-43-8-5-23(6-9-43)41-29-27-17-25(4-7-32(35,36)37)46-30(27)40-20-39-29/h2-3,16-17,20,23,31H,4-15,19H2,1H3,(H,39,40,41). The number of benzene rings is 1. The highest BCUT2D eigenvalue weighted by molar-refractivity contribution is 7.97. The van der Waals surface area contributed by atoms with Gasteiger partial charge in [-0.2, -0.15) is 27.2 Å². The third kappa shape index (κ3) is 8.34. The van der Waals surface area contributed by atoms with Crippen molar-refractivity contribution in [2.75, 3.05) is 51.1 Å². The van der Waals surface area contributed by atoms with Crippen molar-refractivity contribution in [2.45, 2.75) is 63.7 Å². The minimum absolute atomic E-state index is 0.0552. The Morgan fingerprint density at radius 1 is 1.02 bits per heavy atom. The summed E-state index contributed by atoms with van der Waals surface area (Å²) in [5.41, 5.74) is 4.04. The molecule has 252 valence electrons. The van der Waals surface area contributed by atoms with Crippen molar-refractivity contribution in [3.63, 3.8) is 0 Å². The Morgan fingerprint density at radius 2 is 1.79 bits per heavy atom. The first-order chi connectivity index (χ1) is 22.6. The molecule has 0 bridgehead atoms. The number of aryl methyl sites for hydroxylation is 2. The molecule has 2 saturated heterocycles. The van der Waals surface area contributed by atoms with Gasteiger partial charge in [-0.05, 0) is 67.5 Å². The summed E-state index contributed by atoms with van der Waals surface area (Å²) in [6.07, 6.45) is -1.82. The van der Waals surface area contributed by atoms with E-state index < -0.39 is 18.4 Å². The summed E-state index contributed by atoms with van der Waals surface area (Å²) in [4.78, 5) is 14.7. The summed E-state index contributed by atoms with van der Waals surface area (Å²) >= 11 is 1.90. The first-order valence-corrected chi connectivity index (χ1v) is 17.4. The molecule has 1 aromatic carbocycles. The van der Waals surface area contributed by atoms with Crippen LogP contribution in [0.15, 0.2) is 30.6 Å². The second-order valence-electron chi connectivity index (χ2n) is 12.2. The van der Waals surface area contributed by atoms with Gasteiger partial charge in [-0.1, -0.05) is 6.07 Å². The number of alkyl halides is 5. The monoisotopic (exact) mass is 692 g/mol. The second kappa shape index (κ2) is 14.6. The molecule has 2 fully saturated rings.